The fourth-order valence-electron chi connectivity index (χ4n) is 0.0976. The molecule has 0 aliphatic rings. The largest absolute Gasteiger partial charge is 0.662 e. The molecule has 0 spiro atoms. The summed E-state index contributed by atoms with van der Waals surface area (Å²) >= 11 is 0. The predicted octanol–water partition coefficient (Wildman–Crippen LogP) is -0.576. The lowest BCUT2D eigenvalue weighted by atomic mass is 10.3. The van der Waals surface area contributed by atoms with Crippen LogP contribution in [0.25, 0.3) is 0 Å². The van der Waals surface area contributed by atoms with Gasteiger partial charge >= 0.3 is 13.7 Å². The Hall–Kier alpha value is -0.305. The number of halogens is 3. The Labute approximate surface area is 47.9 Å². The van der Waals surface area contributed by atoms with E-state index >= 15 is 0 Å². The Balaban J connectivity index is 3.28. The van der Waals surface area contributed by atoms with Crippen LogP contribution < -0.4 is 0 Å². The van der Waals surface area contributed by atoms with Gasteiger partial charge in [-0.05, 0) is 0 Å². The molecule has 0 aromatic heterocycles. The van der Waals surface area contributed by atoms with Crippen LogP contribution in [-0.4, -0.2) is 23.7 Å². The summed E-state index contributed by atoms with van der Waals surface area (Å²) in [6, 6.07) is 0. The van der Waals surface area contributed by atoms with E-state index in [1.165, 1.54) is 0 Å². The van der Waals surface area contributed by atoms with E-state index < -0.39 is 13.7 Å². The van der Waals surface area contributed by atoms with E-state index in [4.69, 9.17) is 10.0 Å². The van der Waals surface area contributed by atoms with Crippen molar-refractivity contribution >= 4 is 7.32 Å². The molecule has 0 heterocycles. The Morgan fingerprint density at radius 2 is 1.67 bits per heavy atom. The van der Waals surface area contributed by atoms with Gasteiger partial charge in [0, 0.05) is 0 Å². The van der Waals surface area contributed by atoms with Crippen LogP contribution in [0.2, 0.25) is 0 Å². The standard InChI is InChI=1S/CH2BF3O4/c3-1(4,5)8-9-2(6)7/h6-7H. The van der Waals surface area contributed by atoms with Crippen molar-refractivity contribution in [2.75, 3.05) is 0 Å². The second kappa shape index (κ2) is 3.02. The highest BCUT2D eigenvalue weighted by Crippen LogP contribution is 2.15. The molecule has 0 aliphatic heterocycles. The maximum atomic E-state index is 10.8. The summed E-state index contributed by atoms with van der Waals surface area (Å²) in [6.07, 6.45) is -5.01. The lowest BCUT2D eigenvalue weighted by Crippen LogP contribution is -2.23. The second-order valence-corrected chi connectivity index (χ2v) is 0.952. The maximum Gasteiger partial charge on any atom is 0.662 e. The molecule has 0 amide bonds. The fraction of sp³-hybridized carbons (Fsp3) is 1.00. The van der Waals surface area contributed by atoms with Crippen molar-refractivity contribution in [3.05, 3.63) is 0 Å². The van der Waals surface area contributed by atoms with Crippen molar-refractivity contribution < 1.29 is 32.9 Å². The van der Waals surface area contributed by atoms with Gasteiger partial charge < -0.3 is 10.0 Å². The van der Waals surface area contributed by atoms with E-state index in [-0.39, 0.29) is 0 Å². The summed E-state index contributed by atoms with van der Waals surface area (Å²) in [5.74, 6) is 0. The topological polar surface area (TPSA) is 58.9 Å². The minimum Gasteiger partial charge on any atom is -0.400 e. The monoisotopic (exact) mass is 146 g/mol. The molecule has 0 rings (SSSR count). The molecule has 9 heavy (non-hydrogen) atoms. The second-order valence-electron chi connectivity index (χ2n) is 0.952. The van der Waals surface area contributed by atoms with Crippen molar-refractivity contribution in [2.24, 2.45) is 0 Å². The summed E-state index contributed by atoms with van der Waals surface area (Å²) in [5, 5.41) is 15.2. The lowest BCUT2D eigenvalue weighted by Gasteiger charge is -2.03. The Bertz CT molecular complexity index is 80.4. The van der Waals surface area contributed by atoms with E-state index in [1.807, 2.05) is 0 Å². The summed E-state index contributed by atoms with van der Waals surface area (Å²) in [7, 11) is -2.58. The van der Waals surface area contributed by atoms with Gasteiger partial charge in [-0.2, -0.15) is 0 Å². The van der Waals surface area contributed by atoms with Gasteiger partial charge in [-0.1, -0.05) is 0 Å². The van der Waals surface area contributed by atoms with Crippen LogP contribution in [0, 0.1) is 0 Å². The molecule has 0 bridgehead atoms. The van der Waals surface area contributed by atoms with Crippen LogP contribution >= 0.6 is 0 Å². The van der Waals surface area contributed by atoms with Crippen LogP contribution in [0.1, 0.15) is 0 Å². The van der Waals surface area contributed by atoms with Crippen molar-refractivity contribution in [3.63, 3.8) is 0 Å². The lowest BCUT2D eigenvalue weighted by molar-refractivity contribution is -0.455. The van der Waals surface area contributed by atoms with Gasteiger partial charge in [0.05, 0.1) is 0 Å². The zero-order chi connectivity index (χ0) is 7.49. The van der Waals surface area contributed by atoms with E-state index in [0.717, 1.165) is 0 Å². The number of hydrogen-bond donors (Lipinski definition) is 2. The first kappa shape index (κ1) is 8.69. The quantitative estimate of drug-likeness (QED) is 0.311. The molecule has 0 aliphatic carbocycles. The first-order valence-electron chi connectivity index (χ1n) is 1.69. The minimum atomic E-state index is -5.01. The van der Waals surface area contributed by atoms with Crippen molar-refractivity contribution in [1.29, 1.82) is 0 Å². The normalized spacial score (nSPS) is 11.7. The molecule has 2 N–H and O–H groups in total. The molecule has 8 heteroatoms. The SMILES string of the molecule is OB(O)OOC(F)(F)F. The van der Waals surface area contributed by atoms with Gasteiger partial charge in [0.1, 0.15) is 0 Å². The summed E-state index contributed by atoms with van der Waals surface area (Å²) in [5.41, 5.74) is 0. The summed E-state index contributed by atoms with van der Waals surface area (Å²) in [4.78, 5) is 5.38. The Morgan fingerprint density at radius 1 is 1.22 bits per heavy atom. The van der Waals surface area contributed by atoms with Gasteiger partial charge in [0.2, 0.25) is 0 Å². The van der Waals surface area contributed by atoms with Crippen LogP contribution in [0.5, 0.6) is 0 Å². The highest BCUT2D eigenvalue weighted by atomic mass is 19.4. The highest BCUT2D eigenvalue weighted by molar-refractivity contribution is 6.32. The summed E-state index contributed by atoms with van der Waals surface area (Å²) < 4.78 is 32.5. The van der Waals surface area contributed by atoms with Crippen LogP contribution in [0.4, 0.5) is 13.2 Å². The molecule has 0 atom stereocenters. The Morgan fingerprint density at radius 3 is 1.78 bits per heavy atom. The molecule has 54 valence electrons. The van der Waals surface area contributed by atoms with Gasteiger partial charge in [-0.15, -0.1) is 18.1 Å². The average molecular weight is 146 g/mol. The predicted molar refractivity (Wildman–Crippen MR) is 18.4 cm³/mol. The molecular weight excluding hydrogens is 144 g/mol. The van der Waals surface area contributed by atoms with Crippen molar-refractivity contribution in [3.8, 4) is 0 Å². The highest BCUT2D eigenvalue weighted by Gasteiger charge is 2.33. The van der Waals surface area contributed by atoms with Crippen LogP contribution in [-0.2, 0) is 9.69 Å². The third kappa shape index (κ3) is 7.69. The first-order valence-corrected chi connectivity index (χ1v) is 1.69. The van der Waals surface area contributed by atoms with Gasteiger partial charge in [-0.25, -0.2) is 4.81 Å². The number of alkyl halides is 3. The molecule has 0 saturated carbocycles. The van der Waals surface area contributed by atoms with Crippen LogP contribution in [0.3, 0.4) is 0 Å². The zero-order valence-electron chi connectivity index (χ0n) is 3.92. The molecule has 0 unspecified atom stereocenters. The third-order valence-electron chi connectivity index (χ3n) is 0.229. The Kier molecular flexibility index (Phi) is 2.91. The molecule has 0 saturated heterocycles. The van der Waals surface area contributed by atoms with E-state index in [2.05, 4.69) is 9.69 Å². The molecule has 0 radical (unpaired) electrons. The third-order valence-corrected chi connectivity index (χ3v) is 0.229. The van der Waals surface area contributed by atoms with Crippen molar-refractivity contribution in [2.45, 2.75) is 6.36 Å². The average Bonchev–Trinajstić information content (AvgIpc) is 1.59. The smallest absolute Gasteiger partial charge is 0.400 e. The molecule has 0 aromatic carbocycles. The molecule has 0 fully saturated rings. The zero-order valence-corrected chi connectivity index (χ0v) is 3.92. The molecular formula is CH2BF3O4. The maximum absolute atomic E-state index is 10.8. The fourth-order valence-corrected chi connectivity index (χ4v) is 0.0976. The van der Waals surface area contributed by atoms with Crippen LogP contribution in [0.15, 0.2) is 0 Å². The van der Waals surface area contributed by atoms with Gasteiger partial charge in [-0.3, -0.25) is 0 Å². The molecule has 0 aromatic rings. The summed E-state index contributed by atoms with van der Waals surface area (Å²) in [6.45, 7) is 0. The van der Waals surface area contributed by atoms with Crippen molar-refractivity contribution in [1.82, 2.24) is 0 Å². The van der Waals surface area contributed by atoms with E-state index in [1.54, 1.807) is 0 Å². The number of rotatable bonds is 2. The van der Waals surface area contributed by atoms with Gasteiger partial charge in [0.15, 0.2) is 0 Å². The molecule has 4 nitrogen and oxygen atoms in total. The number of hydrogen-bond acceptors (Lipinski definition) is 4. The minimum absolute atomic E-state index is 2.49. The van der Waals surface area contributed by atoms with Gasteiger partial charge in [0.25, 0.3) is 0 Å². The van der Waals surface area contributed by atoms with E-state index in [0.29, 0.717) is 0 Å². The first-order chi connectivity index (χ1) is 3.92. The van der Waals surface area contributed by atoms with E-state index in [9.17, 15) is 13.2 Å².